The first-order chi connectivity index (χ1) is 9.63. The molecule has 2 N–H and O–H groups in total. The van der Waals surface area contributed by atoms with Crippen LogP contribution in [-0.4, -0.2) is 10.9 Å². The van der Waals surface area contributed by atoms with Gasteiger partial charge in [0.25, 0.3) is 5.91 Å². The molecule has 0 fully saturated rings. The Morgan fingerprint density at radius 3 is 2.80 bits per heavy atom. The van der Waals surface area contributed by atoms with Gasteiger partial charge in [0.05, 0.1) is 5.02 Å². The zero-order valence-corrected chi connectivity index (χ0v) is 12.6. The van der Waals surface area contributed by atoms with E-state index in [9.17, 15) is 4.79 Å². The molecule has 0 bridgehead atoms. The number of hydrogen-bond donors (Lipinski definition) is 2. The number of amides is 1. The molecule has 0 aliphatic heterocycles. The van der Waals surface area contributed by atoms with Gasteiger partial charge in [0, 0.05) is 32.8 Å². The summed E-state index contributed by atoms with van der Waals surface area (Å²) in [7, 11) is 0. The van der Waals surface area contributed by atoms with Crippen molar-refractivity contribution in [3.8, 4) is 0 Å². The standard InChI is InChI=1S/C15H10BrClN2O/c16-12-3-2-11(8-13(12)17)19-15(20)10-1-4-14-9(7-10)5-6-18-14/h1-8,18H,(H,19,20). The number of aromatic nitrogens is 1. The molecule has 0 atom stereocenters. The summed E-state index contributed by atoms with van der Waals surface area (Å²) in [5, 5.41) is 4.39. The highest BCUT2D eigenvalue weighted by Gasteiger charge is 2.08. The Kier molecular flexibility index (Phi) is 3.51. The van der Waals surface area contributed by atoms with Gasteiger partial charge in [-0.3, -0.25) is 4.79 Å². The fourth-order valence-electron chi connectivity index (χ4n) is 1.97. The number of H-pyrrole nitrogens is 1. The summed E-state index contributed by atoms with van der Waals surface area (Å²) in [6, 6.07) is 12.8. The first-order valence-electron chi connectivity index (χ1n) is 5.97. The van der Waals surface area contributed by atoms with Crippen LogP contribution in [0.15, 0.2) is 53.1 Å². The molecule has 3 rings (SSSR count). The maximum atomic E-state index is 12.2. The second-order valence-corrected chi connectivity index (χ2v) is 5.62. The molecule has 0 aliphatic rings. The van der Waals surface area contributed by atoms with E-state index in [0.717, 1.165) is 15.4 Å². The molecule has 1 heterocycles. The third kappa shape index (κ3) is 2.57. The van der Waals surface area contributed by atoms with E-state index >= 15 is 0 Å². The van der Waals surface area contributed by atoms with E-state index in [1.807, 2.05) is 24.4 Å². The van der Waals surface area contributed by atoms with Crippen molar-refractivity contribution in [2.45, 2.75) is 0 Å². The van der Waals surface area contributed by atoms with Gasteiger partial charge in [-0.1, -0.05) is 11.6 Å². The molecule has 20 heavy (non-hydrogen) atoms. The molecule has 0 saturated carbocycles. The lowest BCUT2D eigenvalue weighted by atomic mass is 10.1. The lowest BCUT2D eigenvalue weighted by Crippen LogP contribution is -2.11. The van der Waals surface area contributed by atoms with E-state index in [-0.39, 0.29) is 5.91 Å². The van der Waals surface area contributed by atoms with Crippen LogP contribution < -0.4 is 5.32 Å². The topological polar surface area (TPSA) is 44.9 Å². The monoisotopic (exact) mass is 348 g/mol. The van der Waals surface area contributed by atoms with Crippen LogP contribution in [0.5, 0.6) is 0 Å². The third-order valence-electron chi connectivity index (χ3n) is 2.99. The molecule has 0 saturated heterocycles. The maximum absolute atomic E-state index is 12.2. The van der Waals surface area contributed by atoms with Crippen LogP contribution in [-0.2, 0) is 0 Å². The Labute approximate surface area is 129 Å². The van der Waals surface area contributed by atoms with Gasteiger partial charge in [0.1, 0.15) is 0 Å². The van der Waals surface area contributed by atoms with Gasteiger partial charge in [0.15, 0.2) is 0 Å². The smallest absolute Gasteiger partial charge is 0.255 e. The number of rotatable bonds is 2. The van der Waals surface area contributed by atoms with Crippen LogP contribution >= 0.6 is 27.5 Å². The molecule has 0 radical (unpaired) electrons. The number of nitrogens with one attached hydrogen (secondary N) is 2. The van der Waals surface area contributed by atoms with Crippen molar-refractivity contribution in [1.29, 1.82) is 0 Å². The zero-order chi connectivity index (χ0) is 14.1. The highest BCUT2D eigenvalue weighted by molar-refractivity contribution is 9.10. The Morgan fingerprint density at radius 1 is 1.15 bits per heavy atom. The fourth-order valence-corrected chi connectivity index (χ4v) is 2.40. The summed E-state index contributed by atoms with van der Waals surface area (Å²) in [5.74, 6) is -0.161. The van der Waals surface area contributed by atoms with Crippen LogP contribution in [0, 0.1) is 0 Å². The van der Waals surface area contributed by atoms with Gasteiger partial charge in [-0.15, -0.1) is 0 Å². The highest BCUT2D eigenvalue weighted by atomic mass is 79.9. The lowest BCUT2D eigenvalue weighted by Gasteiger charge is -2.06. The van der Waals surface area contributed by atoms with Crippen molar-refractivity contribution in [2.75, 3.05) is 5.32 Å². The minimum Gasteiger partial charge on any atom is -0.361 e. The highest BCUT2D eigenvalue weighted by Crippen LogP contribution is 2.26. The van der Waals surface area contributed by atoms with E-state index in [1.165, 1.54) is 0 Å². The molecule has 0 spiro atoms. The van der Waals surface area contributed by atoms with Gasteiger partial charge < -0.3 is 10.3 Å². The van der Waals surface area contributed by atoms with Gasteiger partial charge in [-0.2, -0.15) is 0 Å². The minimum atomic E-state index is -0.161. The minimum absolute atomic E-state index is 0.161. The summed E-state index contributed by atoms with van der Waals surface area (Å²) in [5.41, 5.74) is 2.28. The second-order valence-electron chi connectivity index (χ2n) is 4.36. The van der Waals surface area contributed by atoms with Crippen molar-refractivity contribution < 1.29 is 4.79 Å². The SMILES string of the molecule is O=C(Nc1ccc(Br)c(Cl)c1)c1ccc2[nH]ccc2c1. The largest absolute Gasteiger partial charge is 0.361 e. The Morgan fingerprint density at radius 2 is 2.00 bits per heavy atom. The Bertz CT molecular complexity index is 797. The summed E-state index contributed by atoms with van der Waals surface area (Å²) >= 11 is 9.32. The molecule has 0 unspecified atom stereocenters. The quantitative estimate of drug-likeness (QED) is 0.683. The second kappa shape index (κ2) is 5.31. The predicted octanol–water partition coefficient (Wildman–Crippen LogP) is 4.84. The van der Waals surface area contributed by atoms with Crippen molar-refractivity contribution >= 4 is 50.0 Å². The fraction of sp³-hybridized carbons (Fsp3) is 0. The number of benzene rings is 2. The van der Waals surface area contributed by atoms with Gasteiger partial charge >= 0.3 is 0 Å². The average molecular weight is 350 g/mol. The average Bonchev–Trinajstić information content (AvgIpc) is 2.90. The summed E-state index contributed by atoms with van der Waals surface area (Å²) in [4.78, 5) is 15.3. The van der Waals surface area contributed by atoms with Crippen LogP contribution in [0.4, 0.5) is 5.69 Å². The van der Waals surface area contributed by atoms with Crippen molar-refractivity contribution in [1.82, 2.24) is 4.98 Å². The Balaban J connectivity index is 1.86. The summed E-state index contributed by atoms with van der Waals surface area (Å²) in [6.45, 7) is 0. The van der Waals surface area contributed by atoms with Gasteiger partial charge in [-0.25, -0.2) is 0 Å². The lowest BCUT2D eigenvalue weighted by molar-refractivity contribution is 0.102. The van der Waals surface area contributed by atoms with E-state index in [1.54, 1.807) is 24.3 Å². The van der Waals surface area contributed by atoms with Gasteiger partial charge in [0.2, 0.25) is 0 Å². The number of anilines is 1. The normalized spacial score (nSPS) is 10.7. The maximum Gasteiger partial charge on any atom is 0.255 e. The van der Waals surface area contributed by atoms with Crippen molar-refractivity contribution in [3.63, 3.8) is 0 Å². The number of fused-ring (bicyclic) bond motifs is 1. The van der Waals surface area contributed by atoms with Gasteiger partial charge in [-0.05, 0) is 58.4 Å². The number of halogens is 2. The molecule has 0 aliphatic carbocycles. The number of aromatic amines is 1. The van der Waals surface area contributed by atoms with Crippen molar-refractivity contribution in [2.24, 2.45) is 0 Å². The van der Waals surface area contributed by atoms with E-state index < -0.39 is 0 Å². The van der Waals surface area contributed by atoms with E-state index in [0.29, 0.717) is 16.3 Å². The summed E-state index contributed by atoms with van der Waals surface area (Å²) in [6.07, 6.45) is 1.85. The third-order valence-corrected chi connectivity index (χ3v) is 4.23. The zero-order valence-electron chi connectivity index (χ0n) is 10.3. The molecular formula is C15H10BrClN2O. The number of carbonyl (C=O) groups excluding carboxylic acids is 1. The van der Waals surface area contributed by atoms with Crippen LogP contribution in [0.25, 0.3) is 10.9 Å². The molecule has 1 amide bonds. The molecule has 2 aromatic carbocycles. The number of hydrogen-bond acceptors (Lipinski definition) is 1. The molecule has 3 aromatic rings. The first-order valence-corrected chi connectivity index (χ1v) is 7.14. The Hall–Kier alpha value is -1.78. The molecule has 100 valence electrons. The van der Waals surface area contributed by atoms with Crippen molar-refractivity contribution in [3.05, 3.63) is 63.7 Å². The molecule has 3 nitrogen and oxygen atoms in total. The molecular weight excluding hydrogens is 340 g/mol. The van der Waals surface area contributed by atoms with Crippen LogP contribution in [0.3, 0.4) is 0 Å². The summed E-state index contributed by atoms with van der Waals surface area (Å²) < 4.78 is 0.797. The molecule has 1 aromatic heterocycles. The molecule has 5 heteroatoms. The predicted molar refractivity (Wildman–Crippen MR) is 85.4 cm³/mol. The van der Waals surface area contributed by atoms with E-state index in [2.05, 4.69) is 26.2 Å². The van der Waals surface area contributed by atoms with Crippen LogP contribution in [0.2, 0.25) is 5.02 Å². The van der Waals surface area contributed by atoms with Crippen LogP contribution in [0.1, 0.15) is 10.4 Å². The first kappa shape index (κ1) is 13.2. The number of carbonyl (C=O) groups is 1. The van der Waals surface area contributed by atoms with E-state index in [4.69, 9.17) is 11.6 Å².